The minimum Gasteiger partial charge on any atom is -0.380 e. The molecule has 0 bridgehead atoms. The number of nitrogens with one attached hydrogen (secondary N) is 1. The molecule has 1 atom stereocenters. The van der Waals surface area contributed by atoms with Crippen molar-refractivity contribution in [2.75, 3.05) is 19.8 Å². The second kappa shape index (κ2) is 4.97. The van der Waals surface area contributed by atoms with Crippen LogP contribution in [-0.2, 0) is 11.3 Å². The smallest absolute Gasteiger partial charge is 0.105 e. The normalized spacial score (nSPS) is 25.9. The number of aromatic nitrogens is 2. The summed E-state index contributed by atoms with van der Waals surface area (Å²) in [4.78, 5) is 4.21. The number of rotatable bonds is 4. The maximum absolute atomic E-state index is 5.51. The zero-order valence-electron chi connectivity index (χ0n) is 10.2. The Balaban J connectivity index is 1.77. The Morgan fingerprint density at radius 1 is 1.62 bits per heavy atom. The van der Waals surface area contributed by atoms with Crippen LogP contribution in [0.1, 0.15) is 25.6 Å². The number of ether oxygens (including phenoxy) is 1. The van der Waals surface area contributed by atoms with Crippen molar-refractivity contribution in [2.45, 2.75) is 38.8 Å². The van der Waals surface area contributed by atoms with Gasteiger partial charge in [-0.25, -0.2) is 4.98 Å². The third-order valence-electron chi connectivity index (χ3n) is 3.27. The third kappa shape index (κ3) is 2.83. The van der Waals surface area contributed by atoms with Gasteiger partial charge in [0.2, 0.25) is 0 Å². The van der Waals surface area contributed by atoms with Crippen molar-refractivity contribution in [2.24, 2.45) is 0 Å². The lowest BCUT2D eigenvalue weighted by Crippen LogP contribution is -2.49. The highest BCUT2D eigenvalue weighted by Gasteiger charge is 2.26. The highest BCUT2D eigenvalue weighted by molar-refractivity contribution is 4.90. The summed E-state index contributed by atoms with van der Waals surface area (Å²) in [6.07, 6.45) is 6.24. The summed E-state index contributed by atoms with van der Waals surface area (Å²) >= 11 is 0. The lowest BCUT2D eigenvalue weighted by atomic mass is 9.95. The maximum atomic E-state index is 5.51. The Morgan fingerprint density at radius 2 is 2.50 bits per heavy atom. The molecule has 0 aliphatic carbocycles. The first-order chi connectivity index (χ1) is 7.70. The van der Waals surface area contributed by atoms with Gasteiger partial charge in [0.1, 0.15) is 5.82 Å². The first-order valence-corrected chi connectivity index (χ1v) is 6.00. The van der Waals surface area contributed by atoms with Gasteiger partial charge in [0.05, 0.1) is 6.61 Å². The van der Waals surface area contributed by atoms with E-state index in [1.807, 2.05) is 19.3 Å². The molecule has 1 unspecified atom stereocenters. The number of hydrogen-bond donors (Lipinski definition) is 1. The summed E-state index contributed by atoms with van der Waals surface area (Å²) in [5, 5.41) is 3.59. The van der Waals surface area contributed by atoms with E-state index in [0.717, 1.165) is 38.5 Å². The number of hydrogen-bond acceptors (Lipinski definition) is 3. The summed E-state index contributed by atoms with van der Waals surface area (Å²) in [5.41, 5.74) is 0.159. The lowest BCUT2D eigenvalue weighted by molar-refractivity contribution is 0.0284. The SMILES string of the molecule is Cc1nccn1CCNC1(C)CCCOC1. The van der Waals surface area contributed by atoms with Crippen LogP contribution in [0.15, 0.2) is 12.4 Å². The van der Waals surface area contributed by atoms with Crippen LogP contribution in [0.25, 0.3) is 0 Å². The van der Waals surface area contributed by atoms with E-state index < -0.39 is 0 Å². The number of aryl methyl sites for hydroxylation is 1. The highest BCUT2D eigenvalue weighted by atomic mass is 16.5. The van der Waals surface area contributed by atoms with Crippen molar-refractivity contribution in [3.05, 3.63) is 18.2 Å². The number of nitrogens with zero attached hydrogens (tertiary/aromatic N) is 2. The van der Waals surface area contributed by atoms with Crippen molar-refractivity contribution >= 4 is 0 Å². The largest absolute Gasteiger partial charge is 0.380 e. The second-order valence-corrected chi connectivity index (χ2v) is 4.81. The summed E-state index contributed by atoms with van der Waals surface area (Å²) in [6.45, 7) is 7.96. The standard InChI is InChI=1S/C12H21N3O/c1-11-13-5-7-15(11)8-6-14-12(2)4-3-9-16-10-12/h5,7,14H,3-4,6,8-10H2,1-2H3. The van der Waals surface area contributed by atoms with Crippen LogP contribution in [0.3, 0.4) is 0 Å². The molecule has 2 heterocycles. The van der Waals surface area contributed by atoms with E-state index >= 15 is 0 Å². The Kier molecular flexibility index (Phi) is 3.61. The van der Waals surface area contributed by atoms with Gasteiger partial charge in [-0.05, 0) is 26.7 Å². The van der Waals surface area contributed by atoms with Crippen molar-refractivity contribution in [3.8, 4) is 0 Å². The van der Waals surface area contributed by atoms with E-state index in [9.17, 15) is 0 Å². The molecule has 1 aromatic rings. The van der Waals surface area contributed by atoms with E-state index in [4.69, 9.17) is 4.74 Å². The minimum atomic E-state index is 0.159. The van der Waals surface area contributed by atoms with Crippen LogP contribution in [0.4, 0.5) is 0 Å². The average molecular weight is 223 g/mol. The fourth-order valence-electron chi connectivity index (χ4n) is 2.19. The quantitative estimate of drug-likeness (QED) is 0.837. The molecule has 1 aliphatic rings. The summed E-state index contributed by atoms with van der Waals surface area (Å²) in [5.74, 6) is 1.08. The monoisotopic (exact) mass is 223 g/mol. The summed E-state index contributed by atoms with van der Waals surface area (Å²) in [6, 6.07) is 0. The van der Waals surface area contributed by atoms with Gasteiger partial charge in [0, 0.05) is 37.6 Å². The third-order valence-corrected chi connectivity index (χ3v) is 3.27. The molecule has 0 aromatic carbocycles. The first-order valence-electron chi connectivity index (χ1n) is 6.00. The molecular weight excluding hydrogens is 202 g/mol. The van der Waals surface area contributed by atoms with Crippen LogP contribution in [0.5, 0.6) is 0 Å². The van der Waals surface area contributed by atoms with E-state index in [1.54, 1.807) is 0 Å². The van der Waals surface area contributed by atoms with Crippen molar-refractivity contribution < 1.29 is 4.74 Å². The molecule has 0 spiro atoms. The van der Waals surface area contributed by atoms with Gasteiger partial charge in [0.15, 0.2) is 0 Å². The molecule has 0 amide bonds. The molecule has 1 saturated heterocycles. The zero-order chi connectivity index (χ0) is 11.4. The molecule has 1 fully saturated rings. The first kappa shape index (κ1) is 11.6. The molecule has 16 heavy (non-hydrogen) atoms. The van der Waals surface area contributed by atoms with E-state index in [0.29, 0.717) is 0 Å². The second-order valence-electron chi connectivity index (χ2n) is 4.81. The van der Waals surface area contributed by atoms with Crippen molar-refractivity contribution in [1.29, 1.82) is 0 Å². The molecular formula is C12H21N3O. The molecule has 4 nitrogen and oxygen atoms in total. The van der Waals surface area contributed by atoms with Gasteiger partial charge in [-0.1, -0.05) is 0 Å². The molecule has 90 valence electrons. The molecule has 1 aliphatic heterocycles. The van der Waals surface area contributed by atoms with Gasteiger partial charge < -0.3 is 14.6 Å². The van der Waals surface area contributed by atoms with Crippen LogP contribution in [-0.4, -0.2) is 34.8 Å². The number of imidazole rings is 1. The highest BCUT2D eigenvalue weighted by Crippen LogP contribution is 2.17. The maximum Gasteiger partial charge on any atom is 0.105 e. The van der Waals surface area contributed by atoms with Gasteiger partial charge in [-0.3, -0.25) is 0 Å². The summed E-state index contributed by atoms with van der Waals surface area (Å²) in [7, 11) is 0. The predicted octanol–water partition coefficient (Wildman–Crippen LogP) is 1.35. The molecule has 2 rings (SSSR count). The Hall–Kier alpha value is -0.870. The van der Waals surface area contributed by atoms with Gasteiger partial charge in [-0.15, -0.1) is 0 Å². The van der Waals surface area contributed by atoms with Crippen LogP contribution < -0.4 is 5.32 Å². The molecule has 0 radical (unpaired) electrons. The van der Waals surface area contributed by atoms with E-state index in [1.165, 1.54) is 6.42 Å². The van der Waals surface area contributed by atoms with Crippen molar-refractivity contribution in [3.63, 3.8) is 0 Å². The fraction of sp³-hybridized carbons (Fsp3) is 0.750. The average Bonchev–Trinajstić information content (AvgIpc) is 2.65. The topological polar surface area (TPSA) is 39.1 Å². The van der Waals surface area contributed by atoms with Gasteiger partial charge >= 0.3 is 0 Å². The van der Waals surface area contributed by atoms with Crippen LogP contribution in [0.2, 0.25) is 0 Å². The molecule has 1 N–H and O–H groups in total. The summed E-state index contributed by atoms with van der Waals surface area (Å²) < 4.78 is 7.68. The van der Waals surface area contributed by atoms with Crippen molar-refractivity contribution in [1.82, 2.24) is 14.9 Å². The molecule has 0 saturated carbocycles. The van der Waals surface area contributed by atoms with Crippen LogP contribution in [0, 0.1) is 6.92 Å². The van der Waals surface area contributed by atoms with Crippen LogP contribution >= 0.6 is 0 Å². The lowest BCUT2D eigenvalue weighted by Gasteiger charge is -2.34. The van der Waals surface area contributed by atoms with E-state index in [-0.39, 0.29) is 5.54 Å². The van der Waals surface area contributed by atoms with Gasteiger partial charge in [0.25, 0.3) is 0 Å². The van der Waals surface area contributed by atoms with Gasteiger partial charge in [-0.2, -0.15) is 0 Å². The predicted molar refractivity (Wildman–Crippen MR) is 63.4 cm³/mol. The minimum absolute atomic E-state index is 0.159. The molecule has 1 aromatic heterocycles. The fourth-order valence-corrected chi connectivity index (χ4v) is 2.19. The Bertz CT molecular complexity index is 329. The van der Waals surface area contributed by atoms with E-state index in [2.05, 4.69) is 21.8 Å². The molecule has 4 heteroatoms. The Labute approximate surface area is 97.0 Å². The Morgan fingerprint density at radius 3 is 3.12 bits per heavy atom. The zero-order valence-corrected chi connectivity index (χ0v) is 10.2.